The molecule has 0 amide bonds. The highest BCUT2D eigenvalue weighted by molar-refractivity contribution is 7.91. The molecule has 0 unspecified atom stereocenters. The van der Waals surface area contributed by atoms with E-state index in [-0.39, 0.29) is 17.1 Å². The molecule has 0 aliphatic carbocycles. The number of benzene rings is 3. The van der Waals surface area contributed by atoms with Crippen LogP contribution in [0.15, 0.2) is 77.7 Å². The average Bonchev–Trinajstić information content (AvgIpc) is 2.77. The number of Topliss-reactive ketones (excluding diaryl/α,β-unsaturated/α-hetero) is 1. The number of carbonyl (C=O) groups is 1. The molecular weight excluding hydrogens is 408 g/mol. The van der Waals surface area contributed by atoms with E-state index >= 15 is 0 Å². The summed E-state index contributed by atoms with van der Waals surface area (Å²) in [5.41, 5.74) is 3.18. The second-order valence-electron chi connectivity index (χ2n) is 8.02. The van der Waals surface area contributed by atoms with Crippen LogP contribution in [-0.2, 0) is 9.84 Å². The maximum atomic E-state index is 13.6. The number of sulfone groups is 1. The van der Waals surface area contributed by atoms with Crippen molar-refractivity contribution in [2.75, 3.05) is 7.11 Å². The Labute approximate surface area is 184 Å². The first-order valence-electron chi connectivity index (χ1n) is 10.3. The normalized spacial score (nSPS) is 12.5. The molecule has 0 saturated carbocycles. The number of aryl methyl sites for hydroxylation is 1. The van der Waals surface area contributed by atoms with Crippen LogP contribution >= 0.6 is 0 Å². The zero-order chi connectivity index (χ0) is 22.6. The molecule has 4 nitrogen and oxygen atoms in total. The zero-order valence-electron chi connectivity index (χ0n) is 18.3. The molecule has 0 N–H and O–H groups in total. The quantitative estimate of drug-likeness (QED) is 0.412. The van der Waals surface area contributed by atoms with E-state index in [1.54, 1.807) is 55.6 Å². The maximum absolute atomic E-state index is 13.6. The second-order valence-corrected chi connectivity index (χ2v) is 10.2. The number of ether oxygens (including phenoxy) is 1. The first kappa shape index (κ1) is 22.8. The Bertz CT molecular complexity index is 1130. The Morgan fingerprint density at radius 1 is 0.839 bits per heavy atom. The summed E-state index contributed by atoms with van der Waals surface area (Å²) in [6, 6.07) is 21.0. The Balaban J connectivity index is 2.00. The van der Waals surface area contributed by atoms with Crippen molar-refractivity contribution in [2.45, 2.75) is 43.3 Å². The van der Waals surface area contributed by atoms with E-state index < -0.39 is 15.1 Å². The number of hydrogen-bond acceptors (Lipinski definition) is 4. The molecule has 0 saturated heterocycles. The summed E-state index contributed by atoms with van der Waals surface area (Å²) < 4.78 is 32.3. The minimum absolute atomic E-state index is 0.135. The van der Waals surface area contributed by atoms with Crippen molar-refractivity contribution in [2.24, 2.45) is 0 Å². The molecule has 3 aromatic carbocycles. The summed E-state index contributed by atoms with van der Waals surface area (Å²) in [4.78, 5) is 13.3. The van der Waals surface area contributed by atoms with Crippen molar-refractivity contribution >= 4 is 15.6 Å². The SMILES string of the molecule is COc1ccc(C(=O)C[C@H](c2ccc(C(C)C)cc2)S(=O)(=O)c2ccc(C)cc2)cc1. The third-order valence-electron chi connectivity index (χ3n) is 5.48. The van der Waals surface area contributed by atoms with Gasteiger partial charge in [0.1, 0.15) is 5.75 Å². The second kappa shape index (κ2) is 9.48. The minimum atomic E-state index is -3.77. The van der Waals surface area contributed by atoms with E-state index in [4.69, 9.17) is 4.74 Å². The standard InChI is InChI=1S/C26H28O4S/c1-18(2)20-7-9-22(10-8-20)26(31(28,29)24-15-5-19(3)6-16-24)17-25(27)21-11-13-23(30-4)14-12-21/h5-16,18,26H,17H2,1-4H3/t26-/m1/s1. The molecule has 31 heavy (non-hydrogen) atoms. The van der Waals surface area contributed by atoms with Gasteiger partial charge >= 0.3 is 0 Å². The average molecular weight is 437 g/mol. The monoisotopic (exact) mass is 436 g/mol. The summed E-state index contributed by atoms with van der Waals surface area (Å²) >= 11 is 0. The lowest BCUT2D eigenvalue weighted by Crippen LogP contribution is -2.18. The van der Waals surface area contributed by atoms with Crippen LogP contribution < -0.4 is 4.74 Å². The van der Waals surface area contributed by atoms with Crippen LogP contribution in [0, 0.1) is 6.92 Å². The molecule has 0 spiro atoms. The Hall–Kier alpha value is -2.92. The topological polar surface area (TPSA) is 60.4 Å². The maximum Gasteiger partial charge on any atom is 0.185 e. The third kappa shape index (κ3) is 5.23. The third-order valence-corrected chi connectivity index (χ3v) is 7.60. The Kier molecular flexibility index (Phi) is 6.96. The highest BCUT2D eigenvalue weighted by atomic mass is 32.2. The molecule has 5 heteroatoms. The van der Waals surface area contributed by atoms with E-state index in [1.807, 2.05) is 31.2 Å². The van der Waals surface area contributed by atoms with E-state index in [0.29, 0.717) is 22.8 Å². The molecule has 0 radical (unpaired) electrons. The molecule has 0 heterocycles. The summed E-state index contributed by atoms with van der Waals surface area (Å²) in [6.07, 6.45) is -0.135. The molecule has 1 atom stereocenters. The molecular formula is C26H28O4S. The summed E-state index contributed by atoms with van der Waals surface area (Å²) in [6.45, 7) is 6.08. The number of ketones is 1. The Morgan fingerprint density at radius 3 is 1.90 bits per heavy atom. The number of rotatable bonds is 8. The van der Waals surface area contributed by atoms with Gasteiger partial charge in [0.25, 0.3) is 0 Å². The molecule has 162 valence electrons. The molecule has 3 rings (SSSR count). The molecule has 3 aromatic rings. The van der Waals surface area contributed by atoms with Crippen LogP contribution in [-0.4, -0.2) is 21.3 Å². The largest absolute Gasteiger partial charge is 0.497 e. The van der Waals surface area contributed by atoms with Gasteiger partial charge in [0, 0.05) is 12.0 Å². The van der Waals surface area contributed by atoms with Crippen molar-refractivity contribution in [1.82, 2.24) is 0 Å². The first-order valence-corrected chi connectivity index (χ1v) is 11.8. The van der Waals surface area contributed by atoms with Crippen molar-refractivity contribution in [3.63, 3.8) is 0 Å². The molecule has 0 fully saturated rings. The van der Waals surface area contributed by atoms with E-state index in [2.05, 4.69) is 13.8 Å². The van der Waals surface area contributed by atoms with Crippen LogP contribution in [0.1, 0.15) is 58.5 Å². The van der Waals surface area contributed by atoms with Gasteiger partial charge in [-0.1, -0.05) is 55.8 Å². The highest BCUT2D eigenvalue weighted by Gasteiger charge is 2.31. The van der Waals surface area contributed by atoms with E-state index in [1.165, 1.54) is 0 Å². The lowest BCUT2D eigenvalue weighted by Gasteiger charge is -2.19. The first-order chi connectivity index (χ1) is 14.7. The Morgan fingerprint density at radius 2 is 1.39 bits per heavy atom. The van der Waals surface area contributed by atoms with E-state index in [0.717, 1.165) is 11.1 Å². The highest BCUT2D eigenvalue weighted by Crippen LogP contribution is 2.34. The van der Waals surface area contributed by atoms with Crippen LogP contribution in [0.5, 0.6) is 5.75 Å². The number of methoxy groups -OCH3 is 1. The lowest BCUT2D eigenvalue weighted by atomic mass is 9.98. The fraction of sp³-hybridized carbons (Fsp3) is 0.269. The van der Waals surface area contributed by atoms with Crippen molar-refractivity contribution in [1.29, 1.82) is 0 Å². The summed E-state index contributed by atoms with van der Waals surface area (Å²) in [5.74, 6) is 0.753. The summed E-state index contributed by atoms with van der Waals surface area (Å²) in [5, 5.41) is -0.967. The van der Waals surface area contributed by atoms with Crippen molar-refractivity contribution in [3.05, 3.63) is 95.1 Å². The zero-order valence-corrected chi connectivity index (χ0v) is 19.1. The van der Waals surface area contributed by atoms with Crippen LogP contribution in [0.3, 0.4) is 0 Å². The van der Waals surface area contributed by atoms with Gasteiger partial charge in [-0.3, -0.25) is 4.79 Å². The van der Waals surface area contributed by atoms with Gasteiger partial charge in [0.05, 0.1) is 17.3 Å². The number of hydrogen-bond donors (Lipinski definition) is 0. The van der Waals surface area contributed by atoms with Crippen molar-refractivity contribution in [3.8, 4) is 5.75 Å². The van der Waals surface area contributed by atoms with Gasteiger partial charge in [-0.15, -0.1) is 0 Å². The predicted octanol–water partition coefficient (Wildman–Crippen LogP) is 5.92. The fourth-order valence-corrected chi connectivity index (χ4v) is 5.19. The molecule has 0 aliphatic heterocycles. The van der Waals surface area contributed by atoms with Gasteiger partial charge < -0.3 is 4.74 Å². The van der Waals surface area contributed by atoms with Gasteiger partial charge in [-0.25, -0.2) is 8.42 Å². The minimum Gasteiger partial charge on any atom is -0.497 e. The fourth-order valence-electron chi connectivity index (χ4n) is 3.46. The van der Waals surface area contributed by atoms with Gasteiger partial charge in [-0.05, 0) is 60.4 Å². The molecule has 0 bridgehead atoms. The predicted molar refractivity (Wildman–Crippen MR) is 124 cm³/mol. The van der Waals surface area contributed by atoms with Gasteiger partial charge in [0.2, 0.25) is 0 Å². The van der Waals surface area contributed by atoms with Crippen LogP contribution in [0.2, 0.25) is 0 Å². The molecule has 0 aliphatic rings. The van der Waals surface area contributed by atoms with Gasteiger partial charge in [-0.2, -0.15) is 0 Å². The smallest absolute Gasteiger partial charge is 0.185 e. The summed E-state index contributed by atoms with van der Waals surface area (Å²) in [7, 11) is -2.21. The lowest BCUT2D eigenvalue weighted by molar-refractivity contribution is 0.0980. The van der Waals surface area contributed by atoms with E-state index in [9.17, 15) is 13.2 Å². The molecule has 0 aromatic heterocycles. The van der Waals surface area contributed by atoms with Gasteiger partial charge in [0.15, 0.2) is 15.6 Å². The van der Waals surface area contributed by atoms with Crippen molar-refractivity contribution < 1.29 is 17.9 Å². The number of carbonyl (C=O) groups excluding carboxylic acids is 1. The van der Waals surface area contributed by atoms with Crippen LogP contribution in [0.4, 0.5) is 0 Å². The van der Waals surface area contributed by atoms with Crippen LogP contribution in [0.25, 0.3) is 0 Å².